The first-order chi connectivity index (χ1) is 20.4. The summed E-state index contributed by atoms with van der Waals surface area (Å²) in [4.78, 5) is 30.3. The van der Waals surface area contributed by atoms with E-state index in [0.717, 1.165) is 34.4 Å². The maximum atomic E-state index is 13.6. The van der Waals surface area contributed by atoms with Crippen LogP contribution in [-0.2, 0) is 16.2 Å². The van der Waals surface area contributed by atoms with Crippen LogP contribution < -0.4 is 5.32 Å². The van der Waals surface area contributed by atoms with E-state index in [0.29, 0.717) is 30.0 Å². The van der Waals surface area contributed by atoms with Crippen molar-refractivity contribution in [2.45, 2.75) is 58.1 Å². The van der Waals surface area contributed by atoms with Crippen molar-refractivity contribution in [3.05, 3.63) is 89.4 Å². The van der Waals surface area contributed by atoms with Crippen LogP contribution in [0.3, 0.4) is 0 Å². The van der Waals surface area contributed by atoms with Crippen molar-refractivity contribution < 1.29 is 19.1 Å². The molecule has 0 fully saturated rings. The lowest BCUT2D eigenvalue weighted by Gasteiger charge is -2.15. The van der Waals surface area contributed by atoms with Crippen LogP contribution in [0, 0.1) is 0 Å². The largest absolute Gasteiger partial charge is 0.450 e. The molecule has 0 radical (unpaired) electrons. The number of rotatable bonds is 13. The molecule has 0 unspecified atom stereocenters. The summed E-state index contributed by atoms with van der Waals surface area (Å²) in [7, 11) is -2.54. The summed E-state index contributed by atoms with van der Waals surface area (Å²) in [6, 6.07) is 20.2. The van der Waals surface area contributed by atoms with Crippen molar-refractivity contribution >= 4 is 56.8 Å². The van der Waals surface area contributed by atoms with E-state index in [1.807, 2.05) is 53.2 Å². The minimum atomic E-state index is -1.31. The molecule has 0 bridgehead atoms. The molecular weight excluding hydrogens is 573 g/mol. The minimum Gasteiger partial charge on any atom is -0.450 e. The highest BCUT2D eigenvalue weighted by Crippen LogP contribution is 2.25. The Labute approximate surface area is 256 Å². The summed E-state index contributed by atoms with van der Waals surface area (Å²) >= 11 is 0. The highest BCUT2D eigenvalue weighted by atomic mass is 28.3. The fourth-order valence-corrected chi connectivity index (χ4v) is 5.71. The Morgan fingerprint density at radius 3 is 2.33 bits per heavy atom. The second kappa shape index (κ2) is 14.1. The zero-order valence-electron chi connectivity index (χ0n) is 26.0. The standard InChI is InChI=1S/C33H42N4O4Si2/c1-42(2,3)20-18-40-24-37-31-23-26(13-15-29(31)30(36-37)16-14-27-11-7-8-17-34-27)32(38)25-10-9-12-28(22-25)35-33(39)41-19-21-43(4,5)6/h7-17,22-23H,18-21,24H2,1-6H3,(H,35,39). The van der Waals surface area contributed by atoms with Crippen LogP contribution in [-0.4, -0.2) is 56.0 Å². The molecule has 0 saturated heterocycles. The van der Waals surface area contributed by atoms with E-state index >= 15 is 0 Å². The third-order valence-corrected chi connectivity index (χ3v) is 10.2. The first kappa shape index (κ1) is 32.1. The number of aromatic nitrogens is 3. The number of hydrogen-bond acceptors (Lipinski definition) is 6. The van der Waals surface area contributed by atoms with E-state index in [2.05, 4.69) is 49.6 Å². The molecule has 43 heavy (non-hydrogen) atoms. The van der Waals surface area contributed by atoms with E-state index < -0.39 is 22.2 Å². The van der Waals surface area contributed by atoms with Crippen LogP contribution in [0.2, 0.25) is 51.4 Å². The number of pyridine rings is 1. The van der Waals surface area contributed by atoms with Gasteiger partial charge in [0.2, 0.25) is 0 Å². The molecular formula is C33H42N4O4Si2. The number of nitrogens with zero attached hydrogens (tertiary/aromatic N) is 3. The number of ether oxygens (including phenoxy) is 2. The van der Waals surface area contributed by atoms with Crippen molar-refractivity contribution in [2.24, 2.45) is 0 Å². The Balaban J connectivity index is 1.56. The number of nitrogens with one attached hydrogen (secondary N) is 1. The van der Waals surface area contributed by atoms with Crippen molar-refractivity contribution in [3.63, 3.8) is 0 Å². The Bertz CT molecular complexity index is 1590. The van der Waals surface area contributed by atoms with Gasteiger partial charge in [-0.3, -0.25) is 15.1 Å². The van der Waals surface area contributed by atoms with E-state index in [1.54, 1.807) is 30.5 Å². The molecule has 8 nitrogen and oxygen atoms in total. The van der Waals surface area contributed by atoms with Gasteiger partial charge in [0.1, 0.15) is 6.73 Å². The fourth-order valence-electron chi connectivity index (χ4n) is 4.24. The van der Waals surface area contributed by atoms with Crippen LogP contribution in [0.25, 0.3) is 23.1 Å². The van der Waals surface area contributed by atoms with Crippen LogP contribution in [0.1, 0.15) is 27.3 Å². The van der Waals surface area contributed by atoms with Gasteiger partial charge in [-0.1, -0.05) is 63.5 Å². The number of anilines is 1. The van der Waals surface area contributed by atoms with Crippen LogP contribution in [0.15, 0.2) is 66.9 Å². The Hall–Kier alpha value is -3.87. The summed E-state index contributed by atoms with van der Waals surface area (Å²) in [6.07, 6.45) is 5.09. The number of carbonyl (C=O) groups excluding carboxylic acids is 2. The predicted octanol–water partition coefficient (Wildman–Crippen LogP) is 8.03. The molecule has 226 valence electrons. The Morgan fingerprint density at radius 1 is 0.860 bits per heavy atom. The number of benzene rings is 2. The topological polar surface area (TPSA) is 95.3 Å². The normalized spacial score (nSPS) is 12.1. The predicted molar refractivity (Wildman–Crippen MR) is 180 cm³/mol. The van der Waals surface area contributed by atoms with Gasteiger partial charge in [-0.05, 0) is 60.6 Å². The van der Waals surface area contributed by atoms with E-state index in [9.17, 15) is 9.59 Å². The number of amides is 1. The highest BCUT2D eigenvalue weighted by Gasteiger charge is 2.17. The zero-order chi connectivity index (χ0) is 31.0. The van der Waals surface area contributed by atoms with Crippen LogP contribution >= 0.6 is 0 Å². The average Bonchev–Trinajstić information content (AvgIpc) is 3.30. The Morgan fingerprint density at radius 2 is 1.60 bits per heavy atom. The van der Waals surface area contributed by atoms with Crippen LogP contribution in [0.5, 0.6) is 0 Å². The van der Waals surface area contributed by atoms with Gasteiger partial charge in [0.05, 0.1) is 23.5 Å². The van der Waals surface area contributed by atoms with Crippen molar-refractivity contribution in [1.29, 1.82) is 0 Å². The average molecular weight is 615 g/mol. The number of hydrogen-bond donors (Lipinski definition) is 1. The van der Waals surface area contributed by atoms with Gasteiger partial charge in [-0.25, -0.2) is 9.48 Å². The van der Waals surface area contributed by atoms with Gasteiger partial charge in [-0.2, -0.15) is 5.10 Å². The molecule has 2 heterocycles. The second-order valence-corrected chi connectivity index (χ2v) is 24.3. The van der Waals surface area contributed by atoms with E-state index in [1.165, 1.54) is 0 Å². The Kier molecular flexibility index (Phi) is 10.5. The molecule has 0 spiro atoms. The lowest BCUT2D eigenvalue weighted by atomic mass is 10.0. The fraction of sp³-hybridized carbons (Fsp3) is 0.333. The quantitative estimate of drug-likeness (QED) is 0.0931. The molecule has 0 aliphatic heterocycles. The third-order valence-electron chi connectivity index (χ3n) is 6.81. The first-order valence-corrected chi connectivity index (χ1v) is 22.1. The molecule has 10 heteroatoms. The monoisotopic (exact) mass is 614 g/mol. The maximum absolute atomic E-state index is 13.6. The third kappa shape index (κ3) is 9.84. The summed E-state index contributed by atoms with van der Waals surface area (Å²) in [5.41, 5.74) is 3.90. The maximum Gasteiger partial charge on any atom is 0.411 e. The second-order valence-electron chi connectivity index (χ2n) is 13.0. The van der Waals surface area contributed by atoms with Gasteiger partial charge >= 0.3 is 6.09 Å². The number of carbonyl (C=O) groups is 2. The smallest absolute Gasteiger partial charge is 0.411 e. The van der Waals surface area contributed by atoms with E-state index in [4.69, 9.17) is 14.6 Å². The molecule has 2 aromatic carbocycles. The molecule has 2 aromatic heterocycles. The summed E-state index contributed by atoms with van der Waals surface area (Å²) in [5, 5.41) is 8.47. The summed E-state index contributed by atoms with van der Waals surface area (Å²) < 4.78 is 13.2. The zero-order valence-corrected chi connectivity index (χ0v) is 28.0. The number of fused-ring (bicyclic) bond motifs is 1. The molecule has 0 atom stereocenters. The molecule has 0 saturated carbocycles. The minimum absolute atomic E-state index is 0.157. The molecule has 1 amide bonds. The first-order valence-electron chi connectivity index (χ1n) is 14.6. The van der Waals surface area contributed by atoms with Crippen LogP contribution in [0.4, 0.5) is 10.5 Å². The van der Waals surface area contributed by atoms with Crippen molar-refractivity contribution in [1.82, 2.24) is 14.8 Å². The van der Waals surface area contributed by atoms with Crippen molar-refractivity contribution in [3.8, 4) is 0 Å². The summed E-state index contributed by atoms with van der Waals surface area (Å²) in [6.45, 7) is 15.0. The van der Waals surface area contributed by atoms with Gasteiger partial charge in [0.25, 0.3) is 0 Å². The van der Waals surface area contributed by atoms with Gasteiger partial charge in [0.15, 0.2) is 5.78 Å². The van der Waals surface area contributed by atoms with Gasteiger partial charge < -0.3 is 9.47 Å². The molecule has 0 aliphatic rings. The highest BCUT2D eigenvalue weighted by molar-refractivity contribution is 6.76. The molecule has 0 aliphatic carbocycles. The number of ketones is 1. The lowest BCUT2D eigenvalue weighted by molar-refractivity contribution is 0.0816. The van der Waals surface area contributed by atoms with Gasteiger partial charge in [0, 0.05) is 51.2 Å². The van der Waals surface area contributed by atoms with Gasteiger partial charge in [-0.15, -0.1) is 0 Å². The molecule has 4 rings (SSSR count). The molecule has 4 aromatic rings. The SMILES string of the molecule is C[Si](C)(C)CCOCn1nc(C=Cc2ccccn2)c2ccc(C(=O)c3cccc(NC(=O)OCC[Si](C)(C)C)c3)cc21. The van der Waals surface area contributed by atoms with E-state index in [-0.39, 0.29) is 12.5 Å². The van der Waals surface area contributed by atoms with Crippen molar-refractivity contribution in [2.75, 3.05) is 18.5 Å². The molecule has 1 N–H and O–H groups in total. The summed E-state index contributed by atoms with van der Waals surface area (Å²) in [5.74, 6) is -0.157. The lowest BCUT2D eigenvalue weighted by Crippen LogP contribution is -2.24.